The van der Waals surface area contributed by atoms with E-state index >= 15 is 0 Å². The Morgan fingerprint density at radius 3 is 2.21 bits per heavy atom. The number of hydrogen-bond acceptors (Lipinski definition) is 5. The molecule has 0 radical (unpaired) electrons. The van der Waals surface area contributed by atoms with Gasteiger partial charge in [-0.3, -0.25) is 4.98 Å². The van der Waals surface area contributed by atoms with Gasteiger partial charge < -0.3 is 10.6 Å². The SMILES string of the molecule is N#Cc1ccc(S(=O)(=O)c2ccc(NC(=O)NCc3cccnc3)cc2)cc1. The largest absolute Gasteiger partial charge is 0.334 e. The first-order chi connectivity index (χ1) is 13.5. The molecular weight excluding hydrogens is 376 g/mol. The second kappa shape index (κ2) is 8.33. The third kappa shape index (κ3) is 4.52. The maximum absolute atomic E-state index is 12.6. The Bertz CT molecular complexity index is 1100. The zero-order valence-corrected chi connectivity index (χ0v) is 15.5. The molecule has 7 nitrogen and oxygen atoms in total. The van der Waals surface area contributed by atoms with Gasteiger partial charge in [-0.05, 0) is 60.2 Å². The molecule has 2 N–H and O–H groups in total. The summed E-state index contributed by atoms with van der Waals surface area (Å²) in [6.45, 7) is 0.324. The molecule has 0 unspecified atom stereocenters. The minimum atomic E-state index is -3.70. The summed E-state index contributed by atoms with van der Waals surface area (Å²) in [7, 11) is -3.70. The monoisotopic (exact) mass is 392 g/mol. The molecule has 0 aliphatic heterocycles. The molecule has 2 aromatic carbocycles. The van der Waals surface area contributed by atoms with Crippen molar-refractivity contribution in [2.45, 2.75) is 16.3 Å². The average molecular weight is 392 g/mol. The average Bonchev–Trinajstić information content (AvgIpc) is 2.73. The number of carbonyl (C=O) groups is 1. The molecule has 1 aromatic heterocycles. The normalized spacial score (nSPS) is 10.7. The number of urea groups is 1. The second-order valence-electron chi connectivity index (χ2n) is 5.83. The first kappa shape index (κ1) is 19.1. The smallest absolute Gasteiger partial charge is 0.319 e. The maximum atomic E-state index is 12.6. The van der Waals surface area contributed by atoms with Gasteiger partial charge in [0.15, 0.2) is 0 Å². The van der Waals surface area contributed by atoms with E-state index in [9.17, 15) is 13.2 Å². The van der Waals surface area contributed by atoms with Gasteiger partial charge in [0.2, 0.25) is 9.84 Å². The highest BCUT2D eigenvalue weighted by Gasteiger charge is 2.17. The van der Waals surface area contributed by atoms with Gasteiger partial charge in [0, 0.05) is 24.6 Å². The number of hydrogen-bond donors (Lipinski definition) is 2. The molecule has 2 amide bonds. The fourth-order valence-electron chi connectivity index (χ4n) is 2.42. The molecule has 140 valence electrons. The van der Waals surface area contributed by atoms with Crippen molar-refractivity contribution in [2.24, 2.45) is 0 Å². The predicted octanol–water partition coefficient (Wildman–Crippen LogP) is 3.11. The molecule has 3 aromatic rings. The molecule has 0 aliphatic carbocycles. The van der Waals surface area contributed by atoms with Crippen molar-refractivity contribution in [3.05, 3.63) is 84.2 Å². The fourth-order valence-corrected chi connectivity index (χ4v) is 3.68. The standard InChI is InChI=1S/C20H16N4O3S/c21-12-15-3-7-18(8-4-15)28(26,27)19-9-5-17(6-10-19)24-20(25)23-14-16-2-1-11-22-13-16/h1-11,13H,14H2,(H2,23,24,25). The first-order valence-corrected chi connectivity index (χ1v) is 9.76. The lowest BCUT2D eigenvalue weighted by atomic mass is 10.2. The summed E-state index contributed by atoms with van der Waals surface area (Å²) in [6.07, 6.45) is 3.31. The molecular formula is C20H16N4O3S. The van der Waals surface area contributed by atoms with E-state index in [0.717, 1.165) is 5.56 Å². The van der Waals surface area contributed by atoms with Gasteiger partial charge in [-0.2, -0.15) is 5.26 Å². The van der Waals surface area contributed by atoms with Crippen LogP contribution in [0.25, 0.3) is 0 Å². The molecule has 0 spiro atoms. The van der Waals surface area contributed by atoms with Crippen LogP contribution in [-0.2, 0) is 16.4 Å². The highest BCUT2D eigenvalue weighted by atomic mass is 32.2. The Labute approximate surface area is 162 Å². The van der Waals surface area contributed by atoms with Crippen LogP contribution in [0.3, 0.4) is 0 Å². The molecule has 0 fully saturated rings. The molecule has 0 bridgehead atoms. The van der Waals surface area contributed by atoms with Gasteiger partial charge >= 0.3 is 6.03 Å². The number of sulfone groups is 1. The summed E-state index contributed by atoms with van der Waals surface area (Å²) in [5.74, 6) is 0. The van der Waals surface area contributed by atoms with E-state index in [0.29, 0.717) is 17.8 Å². The van der Waals surface area contributed by atoms with Crippen molar-refractivity contribution in [1.29, 1.82) is 5.26 Å². The number of nitrogens with one attached hydrogen (secondary N) is 2. The summed E-state index contributed by atoms with van der Waals surface area (Å²) < 4.78 is 25.3. The minimum absolute atomic E-state index is 0.0959. The summed E-state index contributed by atoms with van der Waals surface area (Å²) >= 11 is 0. The number of benzene rings is 2. The van der Waals surface area contributed by atoms with Gasteiger partial charge in [0.05, 0.1) is 21.4 Å². The van der Waals surface area contributed by atoms with Crippen molar-refractivity contribution >= 4 is 21.6 Å². The number of aromatic nitrogens is 1. The third-order valence-corrected chi connectivity index (χ3v) is 5.68. The number of amides is 2. The van der Waals surface area contributed by atoms with Crippen molar-refractivity contribution in [1.82, 2.24) is 10.3 Å². The van der Waals surface area contributed by atoms with Crippen LogP contribution in [-0.4, -0.2) is 19.4 Å². The van der Waals surface area contributed by atoms with Crippen molar-refractivity contribution < 1.29 is 13.2 Å². The zero-order chi connectivity index (χ0) is 20.0. The van der Waals surface area contributed by atoms with Gasteiger partial charge in [-0.15, -0.1) is 0 Å². The van der Waals surface area contributed by atoms with E-state index in [-0.39, 0.29) is 9.79 Å². The van der Waals surface area contributed by atoms with Crippen LogP contribution in [0.1, 0.15) is 11.1 Å². The molecule has 1 heterocycles. The third-order valence-electron chi connectivity index (χ3n) is 3.89. The van der Waals surface area contributed by atoms with Gasteiger partial charge in [0.25, 0.3) is 0 Å². The van der Waals surface area contributed by atoms with Crippen LogP contribution in [0.15, 0.2) is 82.8 Å². The van der Waals surface area contributed by atoms with E-state index in [1.54, 1.807) is 18.5 Å². The van der Waals surface area contributed by atoms with E-state index in [1.807, 2.05) is 12.1 Å². The highest BCUT2D eigenvalue weighted by molar-refractivity contribution is 7.91. The summed E-state index contributed by atoms with van der Waals surface area (Å²) in [5.41, 5.74) is 1.71. The lowest BCUT2D eigenvalue weighted by Gasteiger charge is -2.09. The van der Waals surface area contributed by atoms with E-state index in [4.69, 9.17) is 5.26 Å². The van der Waals surface area contributed by atoms with E-state index in [1.165, 1.54) is 48.5 Å². The number of anilines is 1. The van der Waals surface area contributed by atoms with E-state index < -0.39 is 15.9 Å². The van der Waals surface area contributed by atoms with Crippen LogP contribution < -0.4 is 10.6 Å². The lowest BCUT2D eigenvalue weighted by molar-refractivity contribution is 0.251. The molecule has 0 saturated heterocycles. The molecule has 28 heavy (non-hydrogen) atoms. The lowest BCUT2D eigenvalue weighted by Crippen LogP contribution is -2.28. The number of pyridine rings is 1. The Kier molecular flexibility index (Phi) is 5.67. The minimum Gasteiger partial charge on any atom is -0.334 e. The fraction of sp³-hybridized carbons (Fsp3) is 0.0500. The topological polar surface area (TPSA) is 112 Å². The van der Waals surface area contributed by atoms with Gasteiger partial charge in [-0.1, -0.05) is 6.07 Å². The molecule has 0 aliphatic rings. The van der Waals surface area contributed by atoms with Crippen LogP contribution in [0.2, 0.25) is 0 Å². The Balaban J connectivity index is 1.65. The number of carbonyl (C=O) groups excluding carboxylic acids is 1. The molecule has 3 rings (SSSR count). The van der Waals surface area contributed by atoms with Gasteiger partial charge in [0.1, 0.15) is 0 Å². The second-order valence-corrected chi connectivity index (χ2v) is 7.78. The summed E-state index contributed by atoms with van der Waals surface area (Å²) in [6, 6.07) is 16.7. The quantitative estimate of drug-likeness (QED) is 0.693. The molecule has 8 heteroatoms. The van der Waals surface area contributed by atoms with Crippen LogP contribution in [0, 0.1) is 11.3 Å². The van der Waals surface area contributed by atoms with Crippen LogP contribution in [0.4, 0.5) is 10.5 Å². The first-order valence-electron chi connectivity index (χ1n) is 8.28. The van der Waals surface area contributed by atoms with Crippen molar-refractivity contribution in [3.8, 4) is 6.07 Å². The highest BCUT2D eigenvalue weighted by Crippen LogP contribution is 2.22. The summed E-state index contributed by atoms with van der Waals surface area (Å²) in [4.78, 5) is 16.1. The van der Waals surface area contributed by atoms with Crippen molar-refractivity contribution in [3.63, 3.8) is 0 Å². The predicted molar refractivity (Wildman–Crippen MR) is 103 cm³/mol. The Morgan fingerprint density at radius 2 is 1.64 bits per heavy atom. The van der Waals surface area contributed by atoms with Crippen LogP contribution >= 0.6 is 0 Å². The zero-order valence-electron chi connectivity index (χ0n) is 14.7. The Morgan fingerprint density at radius 1 is 1.00 bits per heavy atom. The Hall–Kier alpha value is -3.70. The number of rotatable bonds is 5. The molecule has 0 atom stereocenters. The molecule has 0 saturated carbocycles. The number of nitriles is 1. The maximum Gasteiger partial charge on any atom is 0.319 e. The summed E-state index contributed by atoms with van der Waals surface area (Å²) in [5, 5.41) is 14.2. The van der Waals surface area contributed by atoms with Crippen LogP contribution in [0.5, 0.6) is 0 Å². The van der Waals surface area contributed by atoms with Gasteiger partial charge in [-0.25, -0.2) is 13.2 Å². The van der Waals surface area contributed by atoms with Crippen molar-refractivity contribution in [2.75, 3.05) is 5.32 Å². The number of nitrogens with zero attached hydrogens (tertiary/aromatic N) is 2. The van der Waals surface area contributed by atoms with E-state index in [2.05, 4.69) is 15.6 Å².